The van der Waals surface area contributed by atoms with Crippen LogP contribution < -0.4 is 10.5 Å². The number of nitrogens with zero attached hydrogens (tertiary/aromatic N) is 1. The Bertz CT molecular complexity index is 705. The highest BCUT2D eigenvalue weighted by atomic mass is 19.1. The number of ether oxygens (including phenoxy) is 1. The van der Waals surface area contributed by atoms with E-state index in [0.717, 1.165) is 12.0 Å². The lowest BCUT2D eigenvalue weighted by molar-refractivity contribution is 0.0790. The van der Waals surface area contributed by atoms with Gasteiger partial charge in [-0.05, 0) is 36.2 Å². The highest BCUT2D eigenvalue weighted by Crippen LogP contribution is 2.17. The summed E-state index contributed by atoms with van der Waals surface area (Å²) in [4.78, 5) is 14.2. The Hall–Kier alpha value is -2.40. The fraction of sp³-hybridized carbons (Fsp3) is 0.278. The predicted octanol–water partition coefficient (Wildman–Crippen LogP) is 2.58. The van der Waals surface area contributed by atoms with Crippen molar-refractivity contribution < 1.29 is 13.9 Å². The first-order chi connectivity index (χ1) is 11.1. The Labute approximate surface area is 134 Å². The summed E-state index contributed by atoms with van der Waals surface area (Å²) in [7, 11) is 0. The second kappa shape index (κ2) is 6.79. The Kier molecular flexibility index (Phi) is 4.57. The van der Waals surface area contributed by atoms with Gasteiger partial charge in [0.1, 0.15) is 18.2 Å². The minimum Gasteiger partial charge on any atom is -0.489 e. The molecule has 0 bridgehead atoms. The van der Waals surface area contributed by atoms with E-state index < -0.39 is 0 Å². The van der Waals surface area contributed by atoms with Crippen LogP contribution in [-0.4, -0.2) is 29.9 Å². The van der Waals surface area contributed by atoms with E-state index in [1.165, 1.54) is 12.1 Å². The van der Waals surface area contributed by atoms with Crippen LogP contribution in [0.25, 0.3) is 0 Å². The zero-order chi connectivity index (χ0) is 16.2. The smallest absolute Gasteiger partial charge is 0.253 e. The van der Waals surface area contributed by atoms with Crippen LogP contribution in [0.5, 0.6) is 5.75 Å². The summed E-state index contributed by atoms with van der Waals surface area (Å²) >= 11 is 0. The predicted molar refractivity (Wildman–Crippen MR) is 85.7 cm³/mol. The molecule has 1 aliphatic heterocycles. The van der Waals surface area contributed by atoms with Gasteiger partial charge in [-0.3, -0.25) is 4.79 Å². The monoisotopic (exact) mass is 314 g/mol. The molecule has 0 radical (unpaired) electrons. The van der Waals surface area contributed by atoms with E-state index >= 15 is 0 Å². The molecule has 1 saturated heterocycles. The van der Waals surface area contributed by atoms with Crippen LogP contribution in [-0.2, 0) is 6.61 Å². The highest BCUT2D eigenvalue weighted by molar-refractivity contribution is 5.94. The number of carbonyl (C=O) groups excluding carboxylic acids is 1. The number of hydrogen-bond donors (Lipinski definition) is 1. The van der Waals surface area contributed by atoms with Crippen molar-refractivity contribution in [3.05, 3.63) is 65.5 Å². The largest absolute Gasteiger partial charge is 0.489 e. The quantitative estimate of drug-likeness (QED) is 0.943. The van der Waals surface area contributed by atoms with Crippen LogP contribution in [0.15, 0.2) is 48.5 Å². The van der Waals surface area contributed by atoms with Crippen molar-refractivity contribution in [1.82, 2.24) is 4.90 Å². The fourth-order valence-electron chi connectivity index (χ4n) is 2.67. The Morgan fingerprint density at radius 1 is 1.26 bits per heavy atom. The average Bonchev–Trinajstić information content (AvgIpc) is 2.99. The number of nitrogens with two attached hydrogens (primary N) is 1. The van der Waals surface area contributed by atoms with Gasteiger partial charge in [0.05, 0.1) is 0 Å². The number of amides is 1. The van der Waals surface area contributed by atoms with Gasteiger partial charge in [-0.15, -0.1) is 0 Å². The molecule has 1 unspecified atom stereocenters. The lowest BCUT2D eigenvalue weighted by atomic mass is 10.1. The van der Waals surface area contributed by atoms with Gasteiger partial charge in [-0.1, -0.05) is 18.2 Å². The van der Waals surface area contributed by atoms with Crippen LogP contribution in [0.1, 0.15) is 22.3 Å². The van der Waals surface area contributed by atoms with Crippen LogP contribution in [0.2, 0.25) is 0 Å². The molecule has 1 atom stereocenters. The van der Waals surface area contributed by atoms with Gasteiger partial charge < -0.3 is 15.4 Å². The molecule has 1 amide bonds. The first-order valence-electron chi connectivity index (χ1n) is 7.64. The van der Waals surface area contributed by atoms with E-state index in [1.807, 2.05) is 18.2 Å². The van der Waals surface area contributed by atoms with E-state index in [2.05, 4.69) is 0 Å². The zero-order valence-corrected chi connectivity index (χ0v) is 12.7. The van der Waals surface area contributed by atoms with Crippen molar-refractivity contribution in [2.24, 2.45) is 5.73 Å². The molecule has 2 aromatic carbocycles. The Morgan fingerprint density at radius 2 is 2.09 bits per heavy atom. The van der Waals surface area contributed by atoms with E-state index in [9.17, 15) is 9.18 Å². The van der Waals surface area contributed by atoms with Gasteiger partial charge in [0.25, 0.3) is 5.91 Å². The molecule has 5 heteroatoms. The molecule has 0 aliphatic carbocycles. The van der Waals surface area contributed by atoms with Crippen molar-refractivity contribution >= 4 is 5.91 Å². The minimum absolute atomic E-state index is 0.00874. The molecule has 120 valence electrons. The topological polar surface area (TPSA) is 55.6 Å². The molecule has 3 rings (SSSR count). The fourth-order valence-corrected chi connectivity index (χ4v) is 2.67. The first-order valence-corrected chi connectivity index (χ1v) is 7.64. The van der Waals surface area contributed by atoms with E-state index in [-0.39, 0.29) is 24.4 Å². The molecular formula is C18H19FN2O2. The second-order valence-electron chi connectivity index (χ2n) is 5.75. The van der Waals surface area contributed by atoms with Gasteiger partial charge in [0, 0.05) is 30.8 Å². The summed E-state index contributed by atoms with van der Waals surface area (Å²) in [6.07, 6.45) is 0.841. The first kappa shape index (κ1) is 15.5. The summed E-state index contributed by atoms with van der Waals surface area (Å²) in [6.45, 7) is 1.58. The normalized spacial score (nSPS) is 17.3. The summed E-state index contributed by atoms with van der Waals surface area (Å²) in [5.41, 5.74) is 7.34. The van der Waals surface area contributed by atoms with Crippen LogP contribution in [0.4, 0.5) is 4.39 Å². The average molecular weight is 314 g/mol. The molecule has 2 N–H and O–H groups in total. The lowest BCUT2D eigenvalue weighted by Crippen LogP contribution is -2.31. The number of likely N-dealkylation sites (tertiary alicyclic amines) is 1. The standard InChI is InChI=1S/C18H19FN2O2/c19-15-5-2-6-17(10-15)23-12-13-3-1-4-14(9-13)18(22)21-8-7-16(20)11-21/h1-6,9-10,16H,7-8,11-12,20H2. The van der Waals surface area contributed by atoms with Crippen LogP contribution >= 0.6 is 0 Å². The van der Waals surface area contributed by atoms with Crippen molar-refractivity contribution in [2.75, 3.05) is 13.1 Å². The lowest BCUT2D eigenvalue weighted by Gasteiger charge is -2.16. The number of hydrogen-bond acceptors (Lipinski definition) is 3. The van der Waals surface area contributed by atoms with Crippen molar-refractivity contribution in [3.8, 4) is 5.75 Å². The molecule has 23 heavy (non-hydrogen) atoms. The SMILES string of the molecule is NC1CCN(C(=O)c2cccc(COc3cccc(F)c3)c2)C1. The molecule has 0 aromatic heterocycles. The number of rotatable bonds is 4. The molecule has 0 spiro atoms. The van der Waals surface area contributed by atoms with Gasteiger partial charge >= 0.3 is 0 Å². The third-order valence-electron chi connectivity index (χ3n) is 3.89. The summed E-state index contributed by atoms with van der Waals surface area (Å²) in [6, 6.07) is 13.4. The third kappa shape index (κ3) is 3.87. The Morgan fingerprint density at radius 3 is 2.83 bits per heavy atom. The van der Waals surface area contributed by atoms with E-state index in [0.29, 0.717) is 24.4 Å². The maximum Gasteiger partial charge on any atom is 0.253 e. The molecule has 2 aromatic rings. The maximum absolute atomic E-state index is 13.1. The summed E-state index contributed by atoms with van der Waals surface area (Å²) < 4.78 is 18.7. The van der Waals surface area contributed by atoms with Gasteiger partial charge in [0.2, 0.25) is 0 Å². The molecule has 1 aliphatic rings. The second-order valence-corrected chi connectivity index (χ2v) is 5.75. The molecule has 0 saturated carbocycles. The third-order valence-corrected chi connectivity index (χ3v) is 3.89. The zero-order valence-electron chi connectivity index (χ0n) is 12.7. The van der Waals surface area contributed by atoms with Gasteiger partial charge in [-0.2, -0.15) is 0 Å². The minimum atomic E-state index is -0.336. The van der Waals surface area contributed by atoms with Gasteiger partial charge in [0.15, 0.2) is 0 Å². The molecule has 4 nitrogen and oxygen atoms in total. The van der Waals surface area contributed by atoms with Crippen molar-refractivity contribution in [3.63, 3.8) is 0 Å². The number of halogens is 1. The number of benzene rings is 2. The summed E-state index contributed by atoms with van der Waals surface area (Å²) in [5.74, 6) is 0.120. The molecule has 1 heterocycles. The van der Waals surface area contributed by atoms with Crippen molar-refractivity contribution in [1.29, 1.82) is 0 Å². The van der Waals surface area contributed by atoms with Gasteiger partial charge in [-0.25, -0.2) is 4.39 Å². The van der Waals surface area contributed by atoms with Crippen molar-refractivity contribution in [2.45, 2.75) is 19.1 Å². The van der Waals surface area contributed by atoms with Crippen LogP contribution in [0.3, 0.4) is 0 Å². The highest BCUT2D eigenvalue weighted by Gasteiger charge is 2.24. The van der Waals surface area contributed by atoms with E-state index in [4.69, 9.17) is 10.5 Å². The van der Waals surface area contributed by atoms with E-state index in [1.54, 1.807) is 23.1 Å². The Balaban J connectivity index is 1.66. The molecular weight excluding hydrogens is 295 g/mol. The summed E-state index contributed by atoms with van der Waals surface area (Å²) in [5, 5.41) is 0. The maximum atomic E-state index is 13.1. The number of carbonyl (C=O) groups is 1. The van der Waals surface area contributed by atoms with Crippen LogP contribution in [0, 0.1) is 5.82 Å². The molecule has 1 fully saturated rings.